The molecule has 0 bridgehead atoms. The maximum atomic E-state index is 11.9. The number of para-hydroxylation sites is 1. The molecule has 0 spiro atoms. The van der Waals surface area contributed by atoms with Gasteiger partial charge in [-0.05, 0) is 11.6 Å². The van der Waals surface area contributed by atoms with Crippen LogP contribution >= 0.6 is 23.4 Å². The second kappa shape index (κ2) is 5.72. The highest BCUT2D eigenvalue weighted by Gasteiger charge is 2.31. The Kier molecular flexibility index (Phi) is 4.45. The lowest BCUT2D eigenvalue weighted by Crippen LogP contribution is -2.47. The number of alkyl halides is 1. The summed E-state index contributed by atoms with van der Waals surface area (Å²) in [5, 5.41) is -0.444. The fourth-order valence-corrected chi connectivity index (χ4v) is 5.17. The van der Waals surface area contributed by atoms with Gasteiger partial charge in [0.2, 0.25) is 0 Å². The van der Waals surface area contributed by atoms with Crippen LogP contribution < -0.4 is 4.90 Å². The molecule has 0 saturated carbocycles. The molecule has 1 heterocycles. The van der Waals surface area contributed by atoms with Crippen LogP contribution in [0, 0.1) is 0 Å². The highest BCUT2D eigenvalue weighted by atomic mass is 35.5. The summed E-state index contributed by atoms with van der Waals surface area (Å²) in [6.45, 7) is 0.746. The first-order chi connectivity index (χ1) is 8.54. The Balaban J connectivity index is 2.40. The van der Waals surface area contributed by atoms with Gasteiger partial charge < -0.3 is 4.90 Å². The average molecular weight is 306 g/mol. The molecule has 18 heavy (non-hydrogen) atoms. The number of benzene rings is 1. The lowest BCUT2D eigenvalue weighted by atomic mass is 10.2. The van der Waals surface area contributed by atoms with E-state index in [-0.39, 0.29) is 0 Å². The summed E-state index contributed by atoms with van der Waals surface area (Å²) in [5.74, 6) is 1.97. The SMILES string of the molecule is CS(=O)(=O)C1CSCCN1c1ccccc1CCl. The molecule has 0 radical (unpaired) electrons. The van der Waals surface area contributed by atoms with E-state index in [9.17, 15) is 8.42 Å². The van der Waals surface area contributed by atoms with Crippen molar-refractivity contribution < 1.29 is 8.42 Å². The molecule has 0 N–H and O–H groups in total. The van der Waals surface area contributed by atoms with Gasteiger partial charge in [-0.2, -0.15) is 11.8 Å². The van der Waals surface area contributed by atoms with E-state index in [1.54, 1.807) is 11.8 Å². The van der Waals surface area contributed by atoms with Crippen molar-refractivity contribution in [2.75, 3.05) is 29.2 Å². The van der Waals surface area contributed by atoms with Gasteiger partial charge in [-0.15, -0.1) is 11.6 Å². The molecule has 0 aromatic heterocycles. The fraction of sp³-hybridized carbons (Fsp3) is 0.500. The standard InChI is InChI=1S/C12H16ClNO2S2/c1-18(15,16)12-9-17-7-6-14(12)11-5-3-2-4-10(11)8-13/h2-5,12H,6-9H2,1H3. The molecule has 1 atom stereocenters. The summed E-state index contributed by atoms with van der Waals surface area (Å²) in [7, 11) is -3.09. The first-order valence-corrected chi connectivity index (χ1v) is 9.35. The Morgan fingerprint density at radius 2 is 2.17 bits per heavy atom. The minimum absolute atomic E-state index is 0.399. The number of anilines is 1. The van der Waals surface area contributed by atoms with Gasteiger partial charge in [-0.3, -0.25) is 0 Å². The zero-order valence-electron chi connectivity index (χ0n) is 10.2. The van der Waals surface area contributed by atoms with Crippen LogP contribution in [0.4, 0.5) is 5.69 Å². The van der Waals surface area contributed by atoms with Gasteiger partial charge in [0.15, 0.2) is 9.84 Å². The number of hydrogen-bond donors (Lipinski definition) is 0. The normalized spacial score (nSPS) is 21.0. The number of thioether (sulfide) groups is 1. The maximum absolute atomic E-state index is 11.9. The molecular formula is C12H16ClNO2S2. The van der Waals surface area contributed by atoms with E-state index in [0.717, 1.165) is 23.5 Å². The molecule has 100 valence electrons. The van der Waals surface area contributed by atoms with Crippen LogP contribution in [-0.2, 0) is 15.7 Å². The summed E-state index contributed by atoms with van der Waals surface area (Å²) in [4.78, 5) is 1.98. The Hall–Kier alpha value is -0.390. The summed E-state index contributed by atoms with van der Waals surface area (Å²) in [5.41, 5.74) is 1.93. The first kappa shape index (κ1) is 14.0. The van der Waals surface area contributed by atoms with Crippen LogP contribution in [0.15, 0.2) is 24.3 Å². The predicted octanol–water partition coefficient (Wildman–Crippen LogP) is 2.35. The number of sulfone groups is 1. The van der Waals surface area contributed by atoms with Crippen molar-refractivity contribution in [3.05, 3.63) is 29.8 Å². The zero-order valence-corrected chi connectivity index (χ0v) is 12.6. The van der Waals surface area contributed by atoms with Crippen LogP contribution in [0.2, 0.25) is 0 Å². The van der Waals surface area contributed by atoms with Crippen molar-refractivity contribution in [1.82, 2.24) is 0 Å². The van der Waals surface area contributed by atoms with E-state index in [4.69, 9.17) is 11.6 Å². The lowest BCUT2D eigenvalue weighted by molar-refractivity contribution is 0.584. The molecule has 1 aliphatic heterocycles. The molecule has 1 fully saturated rings. The molecule has 0 aliphatic carbocycles. The number of hydrogen-bond acceptors (Lipinski definition) is 4. The van der Waals surface area contributed by atoms with Crippen LogP contribution in [0.3, 0.4) is 0 Å². The minimum Gasteiger partial charge on any atom is -0.353 e. The van der Waals surface area contributed by atoms with Crippen LogP contribution in [0.1, 0.15) is 5.56 Å². The van der Waals surface area contributed by atoms with Gasteiger partial charge in [0.05, 0.1) is 0 Å². The van der Waals surface area contributed by atoms with Gasteiger partial charge in [-0.1, -0.05) is 18.2 Å². The molecule has 1 aromatic rings. The second-order valence-electron chi connectivity index (χ2n) is 4.31. The summed E-state index contributed by atoms with van der Waals surface area (Å²) in [6.07, 6.45) is 1.31. The van der Waals surface area contributed by atoms with Gasteiger partial charge in [0.25, 0.3) is 0 Å². The molecular weight excluding hydrogens is 290 g/mol. The average Bonchev–Trinajstić information content (AvgIpc) is 2.37. The van der Waals surface area contributed by atoms with E-state index in [1.165, 1.54) is 6.26 Å². The van der Waals surface area contributed by atoms with Gasteiger partial charge in [-0.25, -0.2) is 8.42 Å². The van der Waals surface area contributed by atoms with Crippen molar-refractivity contribution in [3.8, 4) is 0 Å². The third-order valence-corrected chi connectivity index (χ3v) is 5.96. The zero-order chi connectivity index (χ0) is 13.2. The first-order valence-electron chi connectivity index (χ1n) is 5.71. The Labute approximate surface area is 117 Å². The van der Waals surface area contributed by atoms with Gasteiger partial charge in [0, 0.05) is 35.9 Å². The third-order valence-electron chi connectivity index (χ3n) is 3.02. The highest BCUT2D eigenvalue weighted by molar-refractivity contribution is 8.01. The van der Waals surface area contributed by atoms with Gasteiger partial charge in [0.1, 0.15) is 5.37 Å². The third kappa shape index (κ3) is 2.95. The highest BCUT2D eigenvalue weighted by Crippen LogP contribution is 2.30. The summed E-state index contributed by atoms with van der Waals surface area (Å²) >= 11 is 7.62. The molecule has 6 heteroatoms. The van der Waals surface area contributed by atoms with E-state index in [2.05, 4.69) is 0 Å². The summed E-state index contributed by atoms with van der Waals surface area (Å²) in [6, 6.07) is 7.75. The van der Waals surface area contributed by atoms with Crippen LogP contribution in [-0.4, -0.2) is 38.1 Å². The number of rotatable bonds is 3. The monoisotopic (exact) mass is 305 g/mol. The molecule has 1 saturated heterocycles. The molecule has 2 rings (SSSR count). The molecule has 1 unspecified atom stereocenters. The molecule has 0 amide bonds. The van der Waals surface area contributed by atoms with Crippen molar-refractivity contribution in [2.24, 2.45) is 0 Å². The lowest BCUT2D eigenvalue weighted by Gasteiger charge is -2.36. The largest absolute Gasteiger partial charge is 0.353 e. The smallest absolute Gasteiger partial charge is 0.169 e. The van der Waals surface area contributed by atoms with Gasteiger partial charge >= 0.3 is 0 Å². The summed E-state index contributed by atoms with van der Waals surface area (Å²) < 4.78 is 23.8. The molecule has 1 aliphatic rings. The maximum Gasteiger partial charge on any atom is 0.169 e. The topological polar surface area (TPSA) is 37.4 Å². The van der Waals surface area contributed by atoms with E-state index in [1.807, 2.05) is 29.2 Å². The Morgan fingerprint density at radius 3 is 2.83 bits per heavy atom. The minimum atomic E-state index is -3.09. The second-order valence-corrected chi connectivity index (χ2v) is 7.94. The van der Waals surface area contributed by atoms with Crippen LogP contribution in [0.5, 0.6) is 0 Å². The van der Waals surface area contributed by atoms with Crippen molar-refractivity contribution in [1.29, 1.82) is 0 Å². The number of nitrogens with zero attached hydrogens (tertiary/aromatic N) is 1. The Morgan fingerprint density at radius 1 is 1.44 bits per heavy atom. The predicted molar refractivity (Wildman–Crippen MR) is 79.3 cm³/mol. The van der Waals surface area contributed by atoms with Crippen molar-refractivity contribution >= 4 is 38.9 Å². The number of halogens is 1. The van der Waals surface area contributed by atoms with E-state index in [0.29, 0.717) is 11.6 Å². The Bertz CT molecular complexity index is 519. The van der Waals surface area contributed by atoms with E-state index < -0.39 is 15.2 Å². The van der Waals surface area contributed by atoms with Crippen molar-refractivity contribution in [2.45, 2.75) is 11.3 Å². The fourth-order valence-electron chi connectivity index (χ4n) is 2.12. The molecule has 3 nitrogen and oxygen atoms in total. The molecule has 1 aromatic carbocycles. The quantitative estimate of drug-likeness (QED) is 0.803. The van der Waals surface area contributed by atoms with Crippen LogP contribution in [0.25, 0.3) is 0 Å². The van der Waals surface area contributed by atoms with E-state index >= 15 is 0 Å². The van der Waals surface area contributed by atoms with Crippen molar-refractivity contribution in [3.63, 3.8) is 0 Å².